The third-order valence-corrected chi connectivity index (χ3v) is 3.64. The number of rotatable bonds is 5. The van der Waals surface area contributed by atoms with Crippen molar-refractivity contribution < 1.29 is 14.6 Å². The molecule has 1 saturated heterocycles. The molecule has 1 aliphatic rings. The van der Waals surface area contributed by atoms with Crippen molar-refractivity contribution in [3.8, 4) is 11.8 Å². The fourth-order valence-electron chi connectivity index (χ4n) is 2.55. The maximum absolute atomic E-state index is 11.3. The van der Waals surface area contributed by atoms with Crippen LogP contribution in [0.3, 0.4) is 0 Å². The van der Waals surface area contributed by atoms with Gasteiger partial charge in [-0.3, -0.25) is 9.69 Å². The van der Waals surface area contributed by atoms with Gasteiger partial charge < -0.3 is 9.84 Å². The van der Waals surface area contributed by atoms with Gasteiger partial charge in [-0.2, -0.15) is 0 Å². The van der Waals surface area contributed by atoms with E-state index in [2.05, 4.69) is 23.7 Å². The predicted molar refractivity (Wildman–Crippen MR) is 80.9 cm³/mol. The van der Waals surface area contributed by atoms with Crippen LogP contribution in [0, 0.1) is 17.8 Å². The van der Waals surface area contributed by atoms with Crippen molar-refractivity contribution in [2.45, 2.75) is 19.4 Å². The van der Waals surface area contributed by atoms with Gasteiger partial charge >= 0.3 is 5.97 Å². The molecular formula is C17H21NO3. The van der Waals surface area contributed by atoms with Gasteiger partial charge in [-0.15, -0.1) is 0 Å². The summed E-state index contributed by atoms with van der Waals surface area (Å²) in [5.41, 5.74) is 0.978. The van der Waals surface area contributed by atoms with Gasteiger partial charge in [-0.1, -0.05) is 37.0 Å². The molecule has 0 aliphatic carbocycles. The Bertz CT molecular complexity index is 518. The van der Waals surface area contributed by atoms with Crippen LogP contribution in [0.2, 0.25) is 0 Å². The first-order valence-corrected chi connectivity index (χ1v) is 7.31. The van der Waals surface area contributed by atoms with Crippen molar-refractivity contribution in [2.24, 2.45) is 5.92 Å². The molecule has 2 atom stereocenters. The van der Waals surface area contributed by atoms with Gasteiger partial charge in [0.05, 0.1) is 25.7 Å². The molecule has 112 valence electrons. The Morgan fingerprint density at radius 3 is 2.81 bits per heavy atom. The summed E-state index contributed by atoms with van der Waals surface area (Å²) >= 11 is 0. The third-order valence-electron chi connectivity index (χ3n) is 3.64. The molecule has 0 radical (unpaired) electrons. The SMILES string of the molecule is CCCN(CC#Cc1ccccc1)C1COCC1C(=O)O. The summed E-state index contributed by atoms with van der Waals surface area (Å²) in [6.45, 7) is 4.27. The highest BCUT2D eigenvalue weighted by atomic mass is 16.5. The Labute approximate surface area is 125 Å². The van der Waals surface area contributed by atoms with Gasteiger partial charge in [-0.25, -0.2) is 0 Å². The lowest BCUT2D eigenvalue weighted by Crippen LogP contribution is -2.43. The molecule has 1 fully saturated rings. The molecule has 1 aromatic rings. The second-order valence-electron chi connectivity index (χ2n) is 5.19. The first-order chi connectivity index (χ1) is 10.2. The van der Waals surface area contributed by atoms with Crippen LogP contribution in [0.25, 0.3) is 0 Å². The van der Waals surface area contributed by atoms with Crippen molar-refractivity contribution >= 4 is 5.97 Å². The lowest BCUT2D eigenvalue weighted by molar-refractivity contribution is -0.143. The van der Waals surface area contributed by atoms with Crippen LogP contribution in [-0.2, 0) is 9.53 Å². The van der Waals surface area contributed by atoms with E-state index in [0.29, 0.717) is 19.8 Å². The smallest absolute Gasteiger partial charge is 0.310 e. The number of carboxylic acids is 1. The van der Waals surface area contributed by atoms with Gasteiger partial charge in [0.1, 0.15) is 0 Å². The molecule has 2 rings (SSSR count). The minimum atomic E-state index is -0.783. The predicted octanol–water partition coefficient (Wildman–Crippen LogP) is 1.85. The van der Waals surface area contributed by atoms with Crippen molar-refractivity contribution in [1.82, 2.24) is 4.90 Å². The van der Waals surface area contributed by atoms with Crippen LogP contribution in [0.1, 0.15) is 18.9 Å². The number of nitrogens with zero attached hydrogens (tertiary/aromatic N) is 1. The second-order valence-corrected chi connectivity index (χ2v) is 5.19. The maximum Gasteiger partial charge on any atom is 0.310 e. The van der Waals surface area contributed by atoms with E-state index < -0.39 is 11.9 Å². The Morgan fingerprint density at radius 1 is 1.38 bits per heavy atom. The van der Waals surface area contributed by atoms with Gasteiger partial charge in [0.15, 0.2) is 0 Å². The molecule has 1 aromatic carbocycles. The summed E-state index contributed by atoms with van der Waals surface area (Å²) in [5.74, 6) is 5.04. The van der Waals surface area contributed by atoms with E-state index in [1.807, 2.05) is 30.3 Å². The number of carbonyl (C=O) groups is 1. The molecule has 0 saturated carbocycles. The topological polar surface area (TPSA) is 49.8 Å². The number of benzene rings is 1. The number of hydrogen-bond donors (Lipinski definition) is 1. The molecule has 4 heteroatoms. The fourth-order valence-corrected chi connectivity index (χ4v) is 2.55. The van der Waals surface area contributed by atoms with Crippen LogP contribution in [-0.4, -0.2) is 48.3 Å². The Morgan fingerprint density at radius 2 is 2.14 bits per heavy atom. The molecule has 0 amide bonds. The van der Waals surface area contributed by atoms with Crippen molar-refractivity contribution in [3.63, 3.8) is 0 Å². The summed E-state index contributed by atoms with van der Waals surface area (Å²) in [6.07, 6.45) is 0.968. The normalized spacial score (nSPS) is 21.0. The third kappa shape index (κ3) is 4.32. The van der Waals surface area contributed by atoms with Gasteiger partial charge in [-0.05, 0) is 25.1 Å². The highest BCUT2D eigenvalue weighted by molar-refractivity contribution is 5.71. The fraction of sp³-hybridized carbons (Fsp3) is 0.471. The molecule has 21 heavy (non-hydrogen) atoms. The minimum Gasteiger partial charge on any atom is -0.481 e. The van der Waals surface area contributed by atoms with Gasteiger partial charge in [0.25, 0.3) is 0 Å². The first kappa shape index (κ1) is 15.6. The minimum absolute atomic E-state index is 0.0764. The zero-order chi connectivity index (χ0) is 15.1. The summed E-state index contributed by atoms with van der Waals surface area (Å²) < 4.78 is 5.35. The van der Waals surface area contributed by atoms with E-state index >= 15 is 0 Å². The number of hydrogen-bond acceptors (Lipinski definition) is 3. The van der Waals surface area contributed by atoms with E-state index in [0.717, 1.165) is 18.5 Å². The van der Waals surface area contributed by atoms with E-state index in [-0.39, 0.29) is 6.04 Å². The van der Waals surface area contributed by atoms with E-state index in [1.165, 1.54) is 0 Å². The number of carboxylic acid groups (broad SMARTS) is 1. The van der Waals surface area contributed by atoms with E-state index in [4.69, 9.17) is 4.74 Å². The highest BCUT2D eigenvalue weighted by Gasteiger charge is 2.37. The molecule has 0 spiro atoms. The largest absolute Gasteiger partial charge is 0.481 e. The molecule has 1 aliphatic heterocycles. The van der Waals surface area contributed by atoms with Crippen LogP contribution >= 0.6 is 0 Å². The number of aliphatic carboxylic acids is 1. The number of ether oxygens (including phenoxy) is 1. The Kier molecular flexibility index (Phi) is 5.79. The van der Waals surface area contributed by atoms with Crippen molar-refractivity contribution in [3.05, 3.63) is 35.9 Å². The molecule has 0 bridgehead atoms. The van der Waals surface area contributed by atoms with E-state index in [1.54, 1.807) is 0 Å². The van der Waals surface area contributed by atoms with Gasteiger partial charge in [0, 0.05) is 11.6 Å². The summed E-state index contributed by atoms with van der Waals surface area (Å²) in [5, 5.41) is 9.26. The molecule has 1 heterocycles. The standard InChI is InChI=1S/C17H21NO3/c1-2-10-18(16-13-21-12-15(16)17(19)20)11-6-9-14-7-4-3-5-8-14/h3-5,7-8,15-16H,2,10-13H2,1H3,(H,19,20). The molecule has 1 N–H and O–H groups in total. The van der Waals surface area contributed by atoms with Crippen LogP contribution in [0.4, 0.5) is 0 Å². The van der Waals surface area contributed by atoms with E-state index in [9.17, 15) is 9.90 Å². The summed E-state index contributed by atoms with van der Waals surface area (Å²) in [6, 6.07) is 9.74. The Balaban J connectivity index is 2.02. The van der Waals surface area contributed by atoms with Crippen LogP contribution in [0.15, 0.2) is 30.3 Å². The summed E-state index contributed by atoms with van der Waals surface area (Å²) in [7, 11) is 0. The molecular weight excluding hydrogens is 266 g/mol. The lowest BCUT2D eigenvalue weighted by Gasteiger charge is -2.28. The maximum atomic E-state index is 11.3. The second kappa shape index (κ2) is 7.82. The van der Waals surface area contributed by atoms with Crippen molar-refractivity contribution in [1.29, 1.82) is 0 Å². The van der Waals surface area contributed by atoms with Crippen molar-refractivity contribution in [2.75, 3.05) is 26.3 Å². The molecule has 2 unspecified atom stereocenters. The summed E-state index contributed by atoms with van der Waals surface area (Å²) in [4.78, 5) is 13.4. The highest BCUT2D eigenvalue weighted by Crippen LogP contribution is 2.20. The van der Waals surface area contributed by atoms with Crippen LogP contribution < -0.4 is 0 Å². The average Bonchev–Trinajstić information content (AvgIpc) is 2.97. The van der Waals surface area contributed by atoms with Crippen LogP contribution in [0.5, 0.6) is 0 Å². The zero-order valence-corrected chi connectivity index (χ0v) is 12.3. The molecule has 4 nitrogen and oxygen atoms in total. The lowest BCUT2D eigenvalue weighted by atomic mass is 10.0. The quantitative estimate of drug-likeness (QED) is 0.840. The van der Waals surface area contributed by atoms with Gasteiger partial charge in [0.2, 0.25) is 0 Å². The first-order valence-electron chi connectivity index (χ1n) is 7.31. The zero-order valence-electron chi connectivity index (χ0n) is 12.3. The average molecular weight is 287 g/mol. The monoisotopic (exact) mass is 287 g/mol. The Hall–Kier alpha value is -1.83. The molecule has 0 aromatic heterocycles.